The lowest BCUT2D eigenvalue weighted by Gasteiger charge is -1.92. The zero-order valence-corrected chi connectivity index (χ0v) is 7.08. The summed E-state index contributed by atoms with van der Waals surface area (Å²) in [4.78, 5) is 31.5. The summed E-state index contributed by atoms with van der Waals surface area (Å²) in [6, 6.07) is 0. The molecular formula is C3H10N3O5P. The normalized spacial score (nSPS) is 9.33. The van der Waals surface area contributed by atoms with E-state index in [1.165, 1.54) is 6.92 Å². The van der Waals surface area contributed by atoms with Crippen LogP contribution in [0.2, 0.25) is 0 Å². The molecule has 0 aromatic heterocycles. The maximum absolute atomic E-state index is 9.92. The largest absolute Gasteiger partial charge is 0.466 e. The molecule has 0 aromatic rings. The maximum Gasteiger partial charge on any atom is 0.466 e. The first-order valence-electron chi connectivity index (χ1n) is 2.53. The second-order valence-electron chi connectivity index (χ2n) is 1.61. The summed E-state index contributed by atoms with van der Waals surface area (Å²) in [6.45, 7) is 1.29. The summed E-state index contributed by atoms with van der Waals surface area (Å²) >= 11 is 0. The molecule has 0 unspecified atom stereocenters. The van der Waals surface area contributed by atoms with Crippen molar-refractivity contribution >= 4 is 19.7 Å². The Morgan fingerprint density at radius 2 is 1.75 bits per heavy atom. The Kier molecular flexibility index (Phi) is 6.44. The number of rotatable bonds is 0. The molecule has 0 aromatic carbocycles. The molecule has 0 rings (SSSR count). The highest BCUT2D eigenvalue weighted by molar-refractivity contribution is 7.45. The molecule has 72 valence electrons. The fourth-order valence-corrected chi connectivity index (χ4v) is 0.190. The second kappa shape index (κ2) is 5.67. The molecule has 0 heterocycles. The number of carbonyl (C=O) groups is 1. The quantitative estimate of drug-likeness (QED) is 0.152. The molecule has 0 bridgehead atoms. The average molecular weight is 199 g/mol. The number of nitrogens with one attached hydrogen (secondary N) is 2. The van der Waals surface area contributed by atoms with Crippen molar-refractivity contribution in [3.63, 3.8) is 0 Å². The van der Waals surface area contributed by atoms with Crippen molar-refractivity contribution in [1.29, 1.82) is 5.41 Å². The van der Waals surface area contributed by atoms with Gasteiger partial charge in [-0.2, -0.15) is 0 Å². The first-order chi connectivity index (χ1) is 5.13. The van der Waals surface area contributed by atoms with Gasteiger partial charge in [0, 0.05) is 6.92 Å². The van der Waals surface area contributed by atoms with Crippen LogP contribution in [0.25, 0.3) is 0 Å². The third kappa shape index (κ3) is 63.0. The van der Waals surface area contributed by atoms with Gasteiger partial charge in [-0.3, -0.25) is 15.5 Å². The maximum atomic E-state index is 9.92. The molecule has 0 aliphatic carbocycles. The predicted octanol–water partition coefficient (Wildman–Crippen LogP) is -1.91. The van der Waals surface area contributed by atoms with Crippen LogP contribution >= 0.6 is 7.82 Å². The summed E-state index contributed by atoms with van der Waals surface area (Å²) in [7, 11) is -4.64. The predicted molar refractivity (Wildman–Crippen MR) is 40.0 cm³/mol. The second-order valence-corrected chi connectivity index (χ2v) is 2.63. The van der Waals surface area contributed by atoms with Crippen LogP contribution in [0, 0.1) is 5.41 Å². The monoisotopic (exact) mass is 199 g/mol. The van der Waals surface area contributed by atoms with Gasteiger partial charge in [0.2, 0.25) is 5.91 Å². The Morgan fingerprint density at radius 1 is 1.50 bits per heavy atom. The third-order valence-corrected chi connectivity index (χ3v) is 0.311. The molecule has 9 heteroatoms. The first-order valence-corrected chi connectivity index (χ1v) is 4.09. The van der Waals surface area contributed by atoms with E-state index in [0.29, 0.717) is 0 Å². The molecule has 12 heavy (non-hydrogen) atoms. The van der Waals surface area contributed by atoms with Gasteiger partial charge in [-0.25, -0.2) is 4.57 Å². The average Bonchev–Trinajstić information content (AvgIpc) is 1.52. The van der Waals surface area contributed by atoms with E-state index >= 15 is 0 Å². The van der Waals surface area contributed by atoms with Crippen LogP contribution in [0.15, 0.2) is 0 Å². The van der Waals surface area contributed by atoms with E-state index in [-0.39, 0.29) is 11.9 Å². The van der Waals surface area contributed by atoms with Gasteiger partial charge in [-0.1, -0.05) is 0 Å². The van der Waals surface area contributed by atoms with Gasteiger partial charge >= 0.3 is 7.82 Å². The molecule has 0 saturated heterocycles. The number of hydrogen-bond donors (Lipinski definition) is 6. The van der Waals surface area contributed by atoms with E-state index < -0.39 is 7.82 Å². The van der Waals surface area contributed by atoms with Crippen molar-refractivity contribution in [3.8, 4) is 0 Å². The summed E-state index contributed by atoms with van der Waals surface area (Å²) in [5.74, 6) is -0.625. The summed E-state index contributed by atoms with van der Waals surface area (Å²) in [6.07, 6.45) is 0. The van der Waals surface area contributed by atoms with E-state index in [0.717, 1.165) is 0 Å². The van der Waals surface area contributed by atoms with Crippen LogP contribution in [-0.4, -0.2) is 26.5 Å². The van der Waals surface area contributed by atoms with Gasteiger partial charge in [0.15, 0.2) is 5.96 Å². The van der Waals surface area contributed by atoms with Crippen molar-refractivity contribution in [2.45, 2.75) is 6.92 Å². The number of phosphoric acid groups is 1. The Labute approximate surface area is 68.1 Å². The summed E-state index contributed by atoms with van der Waals surface area (Å²) in [5.41, 5.74) is 4.74. The SMILES string of the molecule is CC(=O)NC(=N)N.O=P(O)(O)O. The molecule has 1 amide bonds. The first kappa shape index (κ1) is 13.6. The van der Waals surface area contributed by atoms with Crippen molar-refractivity contribution in [2.24, 2.45) is 5.73 Å². The van der Waals surface area contributed by atoms with Crippen LogP contribution in [0.1, 0.15) is 6.92 Å². The van der Waals surface area contributed by atoms with Gasteiger partial charge in [0.25, 0.3) is 0 Å². The van der Waals surface area contributed by atoms with Crippen LogP contribution in [-0.2, 0) is 9.36 Å². The van der Waals surface area contributed by atoms with Crippen molar-refractivity contribution in [3.05, 3.63) is 0 Å². The molecule has 0 aliphatic heterocycles. The zero-order valence-electron chi connectivity index (χ0n) is 6.18. The van der Waals surface area contributed by atoms with E-state index in [4.69, 9.17) is 30.4 Å². The zero-order chi connectivity index (χ0) is 10.4. The molecule has 0 saturated carbocycles. The number of hydrogen-bond acceptors (Lipinski definition) is 3. The fraction of sp³-hybridized carbons (Fsp3) is 0.333. The molecule has 7 N–H and O–H groups in total. The Bertz CT molecular complexity index is 190. The van der Waals surface area contributed by atoms with Crippen LogP contribution in [0.4, 0.5) is 0 Å². The molecular weight excluding hydrogens is 189 g/mol. The molecule has 0 aliphatic rings. The van der Waals surface area contributed by atoms with Crippen LogP contribution < -0.4 is 11.1 Å². The van der Waals surface area contributed by atoms with Crippen molar-refractivity contribution in [1.82, 2.24) is 5.32 Å². The highest BCUT2D eigenvalue weighted by Gasteiger charge is 2.00. The molecule has 8 nitrogen and oxygen atoms in total. The Morgan fingerprint density at radius 3 is 1.75 bits per heavy atom. The van der Waals surface area contributed by atoms with Crippen LogP contribution in [0.3, 0.4) is 0 Å². The highest BCUT2D eigenvalue weighted by atomic mass is 31.2. The molecule has 0 radical (unpaired) electrons. The number of guanidine groups is 1. The van der Waals surface area contributed by atoms with E-state index in [2.05, 4.69) is 0 Å². The lowest BCUT2D eigenvalue weighted by Crippen LogP contribution is -2.33. The van der Waals surface area contributed by atoms with Gasteiger partial charge < -0.3 is 20.4 Å². The van der Waals surface area contributed by atoms with Gasteiger partial charge in [-0.05, 0) is 0 Å². The van der Waals surface area contributed by atoms with Gasteiger partial charge in [0.1, 0.15) is 0 Å². The van der Waals surface area contributed by atoms with Crippen LogP contribution in [0.5, 0.6) is 0 Å². The van der Waals surface area contributed by atoms with E-state index in [9.17, 15) is 4.79 Å². The topological polar surface area (TPSA) is 157 Å². The molecule has 0 fully saturated rings. The lowest BCUT2D eigenvalue weighted by molar-refractivity contribution is -0.117. The Balaban J connectivity index is 0. The minimum atomic E-state index is -4.64. The smallest absolute Gasteiger partial charge is 0.370 e. The minimum absolute atomic E-state index is 0.312. The van der Waals surface area contributed by atoms with E-state index in [1.807, 2.05) is 5.32 Å². The fourth-order valence-electron chi connectivity index (χ4n) is 0.190. The summed E-state index contributed by atoms with van der Waals surface area (Å²) < 4.78 is 8.88. The highest BCUT2D eigenvalue weighted by Crippen LogP contribution is 2.25. The standard InChI is InChI=1S/C3H7N3O.H3O4P/c1-2(7)6-3(4)5;1-5(2,3)4/h1H3,(H4,4,5,6,7);(H3,1,2,3,4). The number of carbonyl (C=O) groups excluding carboxylic acids is 1. The minimum Gasteiger partial charge on any atom is -0.370 e. The number of nitrogens with two attached hydrogens (primary N) is 1. The Hall–Kier alpha value is -0.950. The molecule has 0 atom stereocenters. The van der Waals surface area contributed by atoms with Gasteiger partial charge in [0.05, 0.1) is 0 Å². The third-order valence-electron chi connectivity index (χ3n) is 0.311. The molecule has 0 spiro atoms. The number of amides is 1. The van der Waals surface area contributed by atoms with Gasteiger partial charge in [-0.15, -0.1) is 0 Å². The lowest BCUT2D eigenvalue weighted by atomic mass is 10.7. The summed E-state index contributed by atoms with van der Waals surface area (Å²) in [5, 5.41) is 8.50. The van der Waals surface area contributed by atoms with Crippen molar-refractivity contribution in [2.75, 3.05) is 0 Å². The van der Waals surface area contributed by atoms with E-state index in [1.54, 1.807) is 0 Å². The van der Waals surface area contributed by atoms with Crippen molar-refractivity contribution < 1.29 is 24.0 Å².